The molecule has 1 aromatic carbocycles. The Morgan fingerprint density at radius 1 is 1.35 bits per heavy atom. The summed E-state index contributed by atoms with van der Waals surface area (Å²) in [5.41, 5.74) is 0.884. The molecule has 20 heavy (non-hydrogen) atoms. The summed E-state index contributed by atoms with van der Waals surface area (Å²) in [5, 5.41) is 17.0. The summed E-state index contributed by atoms with van der Waals surface area (Å²) < 4.78 is 9.76. The summed E-state index contributed by atoms with van der Waals surface area (Å²) in [6.07, 6.45) is 0.0419. The molecule has 6 heteroatoms. The molecule has 0 saturated heterocycles. The minimum Gasteiger partial charge on any atom is -0.445 e. The summed E-state index contributed by atoms with van der Waals surface area (Å²) in [4.78, 5) is 11.7. The second kappa shape index (κ2) is 7.93. The van der Waals surface area contributed by atoms with Crippen molar-refractivity contribution in [2.75, 3.05) is 0 Å². The van der Waals surface area contributed by atoms with Gasteiger partial charge < -0.3 is 14.8 Å². The van der Waals surface area contributed by atoms with E-state index in [0.717, 1.165) is 5.56 Å². The molecule has 6 nitrogen and oxygen atoms in total. The normalized spacial score (nSPS) is 11.6. The van der Waals surface area contributed by atoms with Crippen molar-refractivity contribution < 1.29 is 14.3 Å². The van der Waals surface area contributed by atoms with Gasteiger partial charge in [-0.25, -0.2) is 4.79 Å². The smallest absolute Gasteiger partial charge is 0.408 e. The Morgan fingerprint density at radius 3 is 2.55 bits per heavy atom. The van der Waals surface area contributed by atoms with Crippen molar-refractivity contribution >= 4 is 18.4 Å². The molecular formula is C14H19N3O3. The Morgan fingerprint density at radius 2 is 2.00 bits per heavy atom. The lowest BCUT2D eigenvalue weighted by molar-refractivity contribution is 0.135. The van der Waals surface area contributed by atoms with Gasteiger partial charge >= 0.3 is 6.09 Å². The molecule has 0 aliphatic carbocycles. The topological polar surface area (TPSA) is 95.3 Å². The van der Waals surface area contributed by atoms with E-state index >= 15 is 0 Å². The van der Waals surface area contributed by atoms with Crippen LogP contribution in [0.15, 0.2) is 30.3 Å². The largest absolute Gasteiger partial charge is 0.445 e. The number of amides is 1. The van der Waals surface area contributed by atoms with Crippen molar-refractivity contribution in [1.82, 2.24) is 5.32 Å². The lowest BCUT2D eigenvalue weighted by atomic mass is 10.0. The van der Waals surface area contributed by atoms with Gasteiger partial charge in [0, 0.05) is 0 Å². The van der Waals surface area contributed by atoms with E-state index < -0.39 is 12.1 Å². The lowest BCUT2D eigenvalue weighted by Gasteiger charge is -2.21. The molecule has 1 aromatic rings. The second-order valence-electron chi connectivity index (χ2n) is 4.53. The summed E-state index contributed by atoms with van der Waals surface area (Å²) >= 11 is 0. The van der Waals surface area contributed by atoms with Crippen LogP contribution in [0.3, 0.4) is 0 Å². The molecule has 0 aliphatic heterocycles. The zero-order valence-corrected chi connectivity index (χ0v) is 11.6. The summed E-state index contributed by atoms with van der Waals surface area (Å²) in [6.45, 7) is 3.84. The highest BCUT2D eigenvalue weighted by atomic mass is 16.5. The van der Waals surface area contributed by atoms with Crippen molar-refractivity contribution in [3.8, 4) is 0 Å². The zero-order chi connectivity index (χ0) is 15.0. The minimum atomic E-state index is -0.625. The Balaban J connectivity index is 2.50. The number of alkyl carbamates (subject to hydrolysis) is 1. The van der Waals surface area contributed by atoms with Crippen LogP contribution in [0.25, 0.3) is 0 Å². The van der Waals surface area contributed by atoms with E-state index in [1.54, 1.807) is 0 Å². The van der Waals surface area contributed by atoms with E-state index in [1.807, 2.05) is 44.2 Å². The number of hydrogen-bond donors (Lipinski definition) is 3. The van der Waals surface area contributed by atoms with Gasteiger partial charge in [0.25, 0.3) is 0 Å². The van der Waals surface area contributed by atoms with E-state index in [0.29, 0.717) is 6.40 Å². The first kappa shape index (κ1) is 15.7. The van der Waals surface area contributed by atoms with E-state index in [9.17, 15) is 4.79 Å². The molecule has 108 valence electrons. The number of rotatable bonds is 6. The first-order chi connectivity index (χ1) is 9.54. The van der Waals surface area contributed by atoms with Crippen LogP contribution >= 0.6 is 0 Å². The standard InChI is InChI=1S/C14H19N3O3/c1-10(2)12(13(16)20-9-15)17-14(18)19-8-11-6-4-3-5-7-11/h3-7,9-10,12,15-16H,8H2,1-2H3,(H,17,18)/t12-/m0/s1. The number of carbonyl (C=O) groups excluding carboxylic acids is 1. The van der Waals surface area contributed by atoms with Crippen LogP contribution < -0.4 is 5.32 Å². The molecule has 0 spiro atoms. The molecule has 0 radical (unpaired) electrons. The number of ether oxygens (including phenoxy) is 2. The molecule has 0 aromatic heterocycles. The molecule has 3 N–H and O–H groups in total. The highest BCUT2D eigenvalue weighted by Crippen LogP contribution is 2.05. The fraction of sp³-hybridized carbons (Fsp3) is 0.357. The fourth-order valence-corrected chi connectivity index (χ4v) is 1.56. The maximum Gasteiger partial charge on any atom is 0.408 e. The molecule has 1 rings (SSSR count). The van der Waals surface area contributed by atoms with Gasteiger partial charge in [0.15, 0.2) is 6.40 Å². The van der Waals surface area contributed by atoms with E-state index in [-0.39, 0.29) is 18.4 Å². The van der Waals surface area contributed by atoms with E-state index in [4.69, 9.17) is 15.6 Å². The van der Waals surface area contributed by atoms with Crippen molar-refractivity contribution in [3.05, 3.63) is 35.9 Å². The molecule has 1 amide bonds. The fourth-order valence-electron chi connectivity index (χ4n) is 1.56. The Bertz CT molecular complexity index is 460. The SMILES string of the molecule is CC(C)[C@H](NC(=O)OCc1ccccc1)C(=N)OC=N. The first-order valence-electron chi connectivity index (χ1n) is 6.26. The van der Waals surface area contributed by atoms with Gasteiger partial charge in [-0.15, -0.1) is 0 Å². The van der Waals surface area contributed by atoms with Crippen LogP contribution in [0.2, 0.25) is 0 Å². The maximum absolute atomic E-state index is 11.7. The predicted molar refractivity (Wildman–Crippen MR) is 76.0 cm³/mol. The molecule has 1 atom stereocenters. The number of hydrogen-bond acceptors (Lipinski definition) is 5. The third-order valence-electron chi connectivity index (χ3n) is 2.62. The van der Waals surface area contributed by atoms with Crippen molar-refractivity contribution in [2.24, 2.45) is 5.92 Å². The van der Waals surface area contributed by atoms with Gasteiger partial charge in [0.2, 0.25) is 5.90 Å². The summed E-state index contributed by atoms with van der Waals surface area (Å²) in [7, 11) is 0. The minimum absolute atomic E-state index is 0.0493. The maximum atomic E-state index is 11.7. The van der Waals surface area contributed by atoms with Crippen LogP contribution in [0.4, 0.5) is 4.79 Å². The molecule has 0 fully saturated rings. The van der Waals surface area contributed by atoms with Gasteiger partial charge in [0.05, 0.1) is 0 Å². The van der Waals surface area contributed by atoms with Gasteiger partial charge in [-0.2, -0.15) is 0 Å². The average Bonchev–Trinajstić information content (AvgIpc) is 2.43. The molecule has 0 unspecified atom stereocenters. The molecule has 0 heterocycles. The predicted octanol–water partition coefficient (Wildman–Crippen LogP) is 2.54. The van der Waals surface area contributed by atoms with E-state index in [1.165, 1.54) is 0 Å². The van der Waals surface area contributed by atoms with Crippen LogP contribution in [0.1, 0.15) is 19.4 Å². The van der Waals surface area contributed by atoms with Crippen LogP contribution in [-0.2, 0) is 16.1 Å². The third kappa shape index (κ3) is 5.09. The third-order valence-corrected chi connectivity index (χ3v) is 2.62. The van der Waals surface area contributed by atoms with Crippen molar-refractivity contribution in [3.63, 3.8) is 0 Å². The lowest BCUT2D eigenvalue weighted by Crippen LogP contribution is -2.45. The monoisotopic (exact) mass is 277 g/mol. The Kier molecular flexibility index (Phi) is 6.22. The van der Waals surface area contributed by atoms with Crippen LogP contribution in [-0.4, -0.2) is 24.4 Å². The van der Waals surface area contributed by atoms with Gasteiger partial charge in [0.1, 0.15) is 12.6 Å². The van der Waals surface area contributed by atoms with Crippen molar-refractivity contribution in [2.45, 2.75) is 26.5 Å². The molecule has 0 aliphatic rings. The highest BCUT2D eigenvalue weighted by molar-refractivity contribution is 5.87. The Hall–Kier alpha value is -2.37. The van der Waals surface area contributed by atoms with Gasteiger partial charge in [-0.1, -0.05) is 44.2 Å². The second-order valence-corrected chi connectivity index (χ2v) is 4.53. The number of carbonyl (C=O) groups is 1. The summed E-state index contributed by atoms with van der Waals surface area (Å²) in [5.74, 6) is -0.238. The average molecular weight is 277 g/mol. The van der Waals surface area contributed by atoms with Crippen molar-refractivity contribution in [1.29, 1.82) is 10.8 Å². The highest BCUT2D eigenvalue weighted by Gasteiger charge is 2.23. The molecule has 0 bridgehead atoms. The first-order valence-corrected chi connectivity index (χ1v) is 6.26. The van der Waals surface area contributed by atoms with Gasteiger partial charge in [-0.3, -0.25) is 10.8 Å². The number of nitrogens with one attached hydrogen (secondary N) is 3. The van der Waals surface area contributed by atoms with Crippen LogP contribution in [0, 0.1) is 16.7 Å². The molecule has 0 saturated carbocycles. The van der Waals surface area contributed by atoms with E-state index in [2.05, 4.69) is 10.1 Å². The quantitative estimate of drug-likeness (QED) is 0.550. The van der Waals surface area contributed by atoms with Crippen LogP contribution in [0.5, 0.6) is 0 Å². The zero-order valence-electron chi connectivity index (χ0n) is 11.6. The number of benzene rings is 1. The van der Waals surface area contributed by atoms with Gasteiger partial charge in [-0.05, 0) is 11.5 Å². The summed E-state index contributed by atoms with van der Waals surface area (Å²) in [6, 6.07) is 8.69. The molecular weight excluding hydrogens is 258 g/mol. The Labute approximate surface area is 118 Å².